The molecule has 0 aromatic heterocycles. The van der Waals surface area contributed by atoms with Gasteiger partial charge in [-0.15, -0.1) is 0 Å². The Kier molecular flexibility index (Phi) is 4.87. The van der Waals surface area contributed by atoms with Crippen molar-refractivity contribution in [2.24, 2.45) is 5.92 Å². The first-order valence-corrected chi connectivity index (χ1v) is 8.77. The molecule has 2 fully saturated rings. The second kappa shape index (κ2) is 6.08. The first kappa shape index (κ1) is 15.2. The average molecular weight is 289 g/mol. The minimum atomic E-state index is -3.23. The Bertz CT molecular complexity index is 397. The fourth-order valence-electron chi connectivity index (χ4n) is 3.15. The monoisotopic (exact) mass is 289 g/mol. The van der Waals surface area contributed by atoms with Crippen molar-refractivity contribution in [1.82, 2.24) is 13.9 Å². The second-order valence-corrected chi connectivity index (χ2v) is 8.18. The molecule has 2 rings (SSSR count). The van der Waals surface area contributed by atoms with Gasteiger partial charge in [0.1, 0.15) is 0 Å². The highest BCUT2D eigenvalue weighted by Crippen LogP contribution is 2.39. The first-order chi connectivity index (χ1) is 8.91. The lowest BCUT2D eigenvalue weighted by atomic mass is 10.1. The maximum absolute atomic E-state index is 12.5. The SMILES string of the molecule is CC(C)NCCCN(C)S(=O)(=O)N1CC2CCC1C2. The topological polar surface area (TPSA) is 52.7 Å². The summed E-state index contributed by atoms with van der Waals surface area (Å²) in [4.78, 5) is 0. The number of piperidine rings is 1. The molecule has 1 aliphatic carbocycles. The third-order valence-electron chi connectivity index (χ3n) is 4.25. The molecular formula is C13H27N3O2S. The third kappa shape index (κ3) is 3.48. The lowest BCUT2D eigenvalue weighted by Crippen LogP contribution is -2.46. The first-order valence-electron chi connectivity index (χ1n) is 7.37. The van der Waals surface area contributed by atoms with E-state index in [2.05, 4.69) is 19.2 Å². The van der Waals surface area contributed by atoms with Crippen molar-refractivity contribution >= 4 is 10.2 Å². The van der Waals surface area contributed by atoms with Crippen molar-refractivity contribution in [1.29, 1.82) is 0 Å². The van der Waals surface area contributed by atoms with Gasteiger partial charge in [-0.25, -0.2) is 0 Å². The highest BCUT2D eigenvalue weighted by Gasteiger charge is 2.44. The van der Waals surface area contributed by atoms with E-state index in [4.69, 9.17) is 0 Å². The molecule has 2 aliphatic rings. The molecule has 1 heterocycles. The second-order valence-electron chi connectivity index (χ2n) is 6.19. The van der Waals surface area contributed by atoms with Crippen LogP contribution in [0.25, 0.3) is 0 Å². The molecule has 1 saturated carbocycles. The standard InChI is InChI=1S/C13H27N3O2S/c1-11(2)14-7-4-8-15(3)19(17,18)16-10-12-5-6-13(16)9-12/h11-14H,4-10H2,1-3H3. The summed E-state index contributed by atoms with van der Waals surface area (Å²) in [5.41, 5.74) is 0. The summed E-state index contributed by atoms with van der Waals surface area (Å²) in [7, 11) is -1.53. The number of fused-ring (bicyclic) bond motifs is 2. The zero-order valence-corrected chi connectivity index (χ0v) is 13.1. The van der Waals surface area contributed by atoms with E-state index in [1.165, 1.54) is 10.7 Å². The van der Waals surface area contributed by atoms with Crippen LogP contribution in [0.3, 0.4) is 0 Å². The van der Waals surface area contributed by atoms with Gasteiger partial charge in [-0.1, -0.05) is 13.8 Å². The van der Waals surface area contributed by atoms with Crippen LogP contribution in [0.4, 0.5) is 0 Å². The maximum atomic E-state index is 12.5. The number of hydrogen-bond acceptors (Lipinski definition) is 3. The van der Waals surface area contributed by atoms with Crippen LogP contribution in [0.1, 0.15) is 39.5 Å². The summed E-state index contributed by atoms with van der Waals surface area (Å²) < 4.78 is 28.2. The van der Waals surface area contributed by atoms with Crippen molar-refractivity contribution in [3.05, 3.63) is 0 Å². The van der Waals surface area contributed by atoms with E-state index in [0.717, 1.165) is 32.4 Å². The molecule has 6 heteroatoms. The fraction of sp³-hybridized carbons (Fsp3) is 1.00. The molecule has 0 aromatic rings. The summed E-state index contributed by atoms with van der Waals surface area (Å²) in [5.74, 6) is 0.607. The van der Waals surface area contributed by atoms with Crippen molar-refractivity contribution < 1.29 is 8.42 Å². The Morgan fingerprint density at radius 2 is 2.11 bits per heavy atom. The van der Waals surface area contributed by atoms with Gasteiger partial charge in [-0.3, -0.25) is 0 Å². The van der Waals surface area contributed by atoms with Crippen LogP contribution in [-0.2, 0) is 10.2 Å². The van der Waals surface area contributed by atoms with Crippen LogP contribution in [0.2, 0.25) is 0 Å². The highest BCUT2D eigenvalue weighted by molar-refractivity contribution is 7.86. The smallest absolute Gasteiger partial charge is 0.281 e. The molecule has 19 heavy (non-hydrogen) atoms. The third-order valence-corrected chi connectivity index (χ3v) is 6.26. The van der Waals surface area contributed by atoms with Gasteiger partial charge in [0.25, 0.3) is 10.2 Å². The van der Waals surface area contributed by atoms with Crippen molar-refractivity contribution in [2.45, 2.75) is 51.6 Å². The zero-order chi connectivity index (χ0) is 14.0. The lowest BCUT2D eigenvalue weighted by molar-refractivity contribution is 0.303. The molecular weight excluding hydrogens is 262 g/mol. The number of nitrogens with one attached hydrogen (secondary N) is 1. The number of hydrogen-bond donors (Lipinski definition) is 1. The molecule has 1 aliphatic heterocycles. The number of rotatable bonds is 7. The average Bonchev–Trinajstić information content (AvgIpc) is 2.96. The molecule has 5 nitrogen and oxygen atoms in total. The van der Waals surface area contributed by atoms with Gasteiger partial charge in [-0.2, -0.15) is 17.0 Å². The predicted molar refractivity (Wildman–Crippen MR) is 77.1 cm³/mol. The van der Waals surface area contributed by atoms with Gasteiger partial charge in [0.15, 0.2) is 0 Å². The summed E-state index contributed by atoms with van der Waals surface area (Å²) in [6.07, 6.45) is 4.18. The molecule has 112 valence electrons. The van der Waals surface area contributed by atoms with Gasteiger partial charge in [-0.05, 0) is 38.1 Å². The highest BCUT2D eigenvalue weighted by atomic mass is 32.2. The van der Waals surface area contributed by atoms with E-state index in [-0.39, 0.29) is 6.04 Å². The summed E-state index contributed by atoms with van der Waals surface area (Å²) in [5, 5.41) is 3.31. The van der Waals surface area contributed by atoms with E-state index in [0.29, 0.717) is 18.5 Å². The molecule has 0 aromatic carbocycles. The van der Waals surface area contributed by atoms with Gasteiger partial charge < -0.3 is 5.32 Å². The molecule has 1 N–H and O–H groups in total. The van der Waals surface area contributed by atoms with Gasteiger partial charge >= 0.3 is 0 Å². The minimum absolute atomic E-state index is 0.270. The fourth-order valence-corrected chi connectivity index (χ4v) is 4.83. The van der Waals surface area contributed by atoms with E-state index < -0.39 is 10.2 Å². The van der Waals surface area contributed by atoms with Crippen LogP contribution in [-0.4, -0.2) is 55.8 Å². The molecule has 0 radical (unpaired) electrons. The van der Waals surface area contributed by atoms with Crippen LogP contribution in [0.15, 0.2) is 0 Å². The quantitative estimate of drug-likeness (QED) is 0.712. The van der Waals surface area contributed by atoms with Gasteiger partial charge in [0.2, 0.25) is 0 Å². The van der Waals surface area contributed by atoms with E-state index in [9.17, 15) is 8.42 Å². The summed E-state index contributed by atoms with van der Waals surface area (Å²) in [6, 6.07) is 0.725. The Hall–Kier alpha value is -0.170. The van der Waals surface area contributed by atoms with E-state index in [1.54, 1.807) is 11.4 Å². The van der Waals surface area contributed by atoms with Gasteiger partial charge in [0, 0.05) is 32.2 Å². The van der Waals surface area contributed by atoms with E-state index >= 15 is 0 Å². The molecule has 2 atom stereocenters. The number of nitrogens with zero attached hydrogens (tertiary/aromatic N) is 2. The molecule has 1 saturated heterocycles. The lowest BCUT2D eigenvalue weighted by Gasteiger charge is -2.30. The van der Waals surface area contributed by atoms with Crippen molar-refractivity contribution in [3.63, 3.8) is 0 Å². The summed E-state index contributed by atoms with van der Waals surface area (Å²) >= 11 is 0. The molecule has 2 unspecified atom stereocenters. The van der Waals surface area contributed by atoms with Crippen LogP contribution >= 0.6 is 0 Å². The Morgan fingerprint density at radius 1 is 1.37 bits per heavy atom. The normalized spacial score (nSPS) is 27.8. The molecule has 0 spiro atoms. The molecule has 0 amide bonds. The van der Waals surface area contributed by atoms with Crippen LogP contribution in [0.5, 0.6) is 0 Å². The Labute approximate surface area is 117 Å². The van der Waals surface area contributed by atoms with E-state index in [1.807, 2.05) is 0 Å². The van der Waals surface area contributed by atoms with Crippen LogP contribution in [0, 0.1) is 5.92 Å². The maximum Gasteiger partial charge on any atom is 0.281 e. The van der Waals surface area contributed by atoms with Crippen molar-refractivity contribution in [3.8, 4) is 0 Å². The van der Waals surface area contributed by atoms with Crippen molar-refractivity contribution in [2.75, 3.05) is 26.7 Å². The largest absolute Gasteiger partial charge is 0.314 e. The zero-order valence-electron chi connectivity index (χ0n) is 12.3. The minimum Gasteiger partial charge on any atom is -0.314 e. The van der Waals surface area contributed by atoms with Crippen LogP contribution < -0.4 is 5.32 Å². The Morgan fingerprint density at radius 3 is 2.63 bits per heavy atom. The predicted octanol–water partition coefficient (Wildman–Crippen LogP) is 1.04. The molecule has 2 bridgehead atoms. The van der Waals surface area contributed by atoms with Gasteiger partial charge in [0.05, 0.1) is 0 Å². The summed E-state index contributed by atoms with van der Waals surface area (Å²) in [6.45, 7) is 6.39. The Balaban J connectivity index is 1.82.